The summed E-state index contributed by atoms with van der Waals surface area (Å²) in [6.45, 7) is -1.21. The van der Waals surface area contributed by atoms with Crippen LogP contribution >= 0.6 is 0 Å². The van der Waals surface area contributed by atoms with Gasteiger partial charge in [-0.1, -0.05) is 0 Å². The molecule has 0 aliphatic carbocycles. The number of carboxylic acids is 2. The number of primary amides is 2. The van der Waals surface area contributed by atoms with Gasteiger partial charge >= 0.3 is 11.9 Å². The molecule has 1 aliphatic heterocycles. The fraction of sp³-hybridized carbons (Fsp3) is 0.750. The molecule has 1 fully saturated rings. The topological polar surface area (TPSA) is 216 Å². The summed E-state index contributed by atoms with van der Waals surface area (Å²) < 4.78 is 30.9. The summed E-state index contributed by atoms with van der Waals surface area (Å²) in [5, 5.41) is 18.5. The van der Waals surface area contributed by atoms with Crippen molar-refractivity contribution in [3.8, 4) is 0 Å². The Morgan fingerprint density at radius 2 is 0.800 bits per heavy atom. The monoisotopic (exact) mass is 438 g/mol. The first-order chi connectivity index (χ1) is 14.3. The molecule has 6 N–H and O–H groups in total. The number of carbonyl (C=O) groups excluding carboxylic acids is 2. The van der Waals surface area contributed by atoms with Gasteiger partial charge in [0.05, 0.1) is 52.9 Å². The Morgan fingerprint density at radius 1 is 0.533 bits per heavy atom. The SMILES string of the molecule is NC(=O)[C@@H]1OCCOCCO[C@@H](C(=O)O)[C@H](C(N)=O)OCCOCCO[C@H]1C(=O)O. The lowest BCUT2D eigenvalue weighted by Gasteiger charge is -2.23. The number of carboxylic acid groups (broad SMARTS) is 2. The summed E-state index contributed by atoms with van der Waals surface area (Å²) >= 11 is 0. The molecule has 0 unspecified atom stereocenters. The molecule has 0 bridgehead atoms. The molecular weight excluding hydrogens is 412 g/mol. The van der Waals surface area contributed by atoms with Crippen LogP contribution in [0.1, 0.15) is 0 Å². The summed E-state index contributed by atoms with van der Waals surface area (Å²) in [6.07, 6.45) is -6.42. The molecule has 14 heteroatoms. The van der Waals surface area contributed by atoms with Crippen LogP contribution in [0.4, 0.5) is 0 Å². The number of ether oxygens (including phenoxy) is 6. The molecule has 4 atom stereocenters. The van der Waals surface area contributed by atoms with Crippen LogP contribution in [0.15, 0.2) is 0 Å². The number of nitrogens with two attached hydrogens (primary N) is 2. The van der Waals surface area contributed by atoms with Crippen molar-refractivity contribution in [2.75, 3.05) is 52.9 Å². The molecule has 1 aliphatic rings. The van der Waals surface area contributed by atoms with Crippen LogP contribution in [0.3, 0.4) is 0 Å². The van der Waals surface area contributed by atoms with Gasteiger partial charge in [0, 0.05) is 0 Å². The van der Waals surface area contributed by atoms with Gasteiger partial charge in [-0.3, -0.25) is 9.59 Å². The standard InChI is InChI=1S/C16H26N2O12/c17-13(19)9-11(15(21)22)30-8-4-26-2-6-28-10(14(18)20)12(16(23)24)29-7-3-25-1-5-27-9/h9-12H,1-8H2,(H2,17,19)(H2,18,20)(H,21,22)(H,23,24)/t9-,10-,11-,12-/m1/s1. The number of hydrogen-bond donors (Lipinski definition) is 4. The van der Waals surface area contributed by atoms with Gasteiger partial charge < -0.3 is 50.1 Å². The predicted molar refractivity (Wildman–Crippen MR) is 94.3 cm³/mol. The van der Waals surface area contributed by atoms with Gasteiger partial charge in [0.15, 0.2) is 24.4 Å². The highest BCUT2D eigenvalue weighted by molar-refractivity contribution is 5.87. The third-order valence-corrected chi connectivity index (χ3v) is 3.70. The van der Waals surface area contributed by atoms with E-state index in [4.69, 9.17) is 39.9 Å². The Bertz CT molecular complexity index is 489. The Morgan fingerprint density at radius 3 is 1.03 bits per heavy atom. The van der Waals surface area contributed by atoms with E-state index in [1.807, 2.05) is 0 Å². The van der Waals surface area contributed by atoms with E-state index >= 15 is 0 Å². The summed E-state index contributed by atoms with van der Waals surface area (Å²) in [4.78, 5) is 45.8. The normalized spacial score (nSPS) is 28.5. The molecular formula is C16H26N2O12. The molecule has 1 saturated heterocycles. The highest BCUT2D eigenvalue weighted by atomic mass is 16.6. The molecule has 0 radical (unpaired) electrons. The zero-order valence-corrected chi connectivity index (χ0v) is 16.1. The molecule has 0 aromatic carbocycles. The third kappa shape index (κ3) is 8.98. The van der Waals surface area contributed by atoms with Crippen molar-refractivity contribution in [3.05, 3.63) is 0 Å². The van der Waals surface area contributed by atoms with Crippen molar-refractivity contribution in [3.63, 3.8) is 0 Å². The number of hydrogen-bond acceptors (Lipinski definition) is 10. The van der Waals surface area contributed by atoms with Crippen LogP contribution in [-0.2, 0) is 47.6 Å². The molecule has 172 valence electrons. The van der Waals surface area contributed by atoms with Crippen LogP contribution in [0.2, 0.25) is 0 Å². The molecule has 0 aromatic rings. The molecule has 1 rings (SSSR count). The zero-order valence-electron chi connectivity index (χ0n) is 16.1. The Hall–Kier alpha value is -2.36. The Kier molecular flexibility index (Phi) is 11.8. The molecule has 0 saturated carbocycles. The van der Waals surface area contributed by atoms with Crippen molar-refractivity contribution in [1.29, 1.82) is 0 Å². The maximum Gasteiger partial charge on any atom is 0.336 e. The molecule has 0 aromatic heterocycles. The van der Waals surface area contributed by atoms with Gasteiger partial charge in [-0.2, -0.15) is 0 Å². The minimum atomic E-state index is -1.65. The highest BCUT2D eigenvalue weighted by Gasteiger charge is 2.35. The van der Waals surface area contributed by atoms with Gasteiger partial charge in [0.25, 0.3) is 0 Å². The van der Waals surface area contributed by atoms with Crippen molar-refractivity contribution >= 4 is 23.8 Å². The number of amides is 2. The van der Waals surface area contributed by atoms with Crippen molar-refractivity contribution < 1.29 is 57.8 Å². The van der Waals surface area contributed by atoms with Crippen LogP contribution in [-0.4, -0.2) is 111 Å². The summed E-state index contributed by atoms with van der Waals surface area (Å²) in [7, 11) is 0. The zero-order chi connectivity index (χ0) is 22.5. The predicted octanol–water partition coefficient (Wildman–Crippen LogP) is -3.29. The van der Waals surface area contributed by atoms with Crippen LogP contribution in [0.25, 0.3) is 0 Å². The van der Waals surface area contributed by atoms with Gasteiger partial charge in [-0.15, -0.1) is 0 Å². The lowest BCUT2D eigenvalue weighted by molar-refractivity contribution is -0.174. The largest absolute Gasteiger partial charge is 0.479 e. The smallest absolute Gasteiger partial charge is 0.336 e. The van der Waals surface area contributed by atoms with Crippen LogP contribution in [0.5, 0.6) is 0 Å². The molecule has 0 spiro atoms. The first-order valence-electron chi connectivity index (χ1n) is 8.91. The quantitative estimate of drug-likeness (QED) is 0.340. The van der Waals surface area contributed by atoms with E-state index in [0.717, 1.165) is 0 Å². The average molecular weight is 438 g/mol. The minimum absolute atomic E-state index is 0.0872. The maximum atomic E-state index is 11.5. The Balaban J connectivity index is 2.77. The second-order valence-electron chi connectivity index (χ2n) is 5.87. The fourth-order valence-corrected chi connectivity index (χ4v) is 2.35. The Labute approximate surface area is 171 Å². The fourth-order valence-electron chi connectivity index (χ4n) is 2.35. The van der Waals surface area contributed by atoms with E-state index in [2.05, 4.69) is 0 Å². The van der Waals surface area contributed by atoms with Crippen molar-refractivity contribution in [1.82, 2.24) is 0 Å². The molecule has 2 amide bonds. The van der Waals surface area contributed by atoms with E-state index < -0.39 is 48.2 Å². The molecule has 14 nitrogen and oxygen atoms in total. The molecule has 30 heavy (non-hydrogen) atoms. The van der Waals surface area contributed by atoms with Crippen molar-refractivity contribution in [2.45, 2.75) is 24.4 Å². The van der Waals surface area contributed by atoms with Gasteiger partial charge in [0.2, 0.25) is 11.8 Å². The van der Waals surface area contributed by atoms with Crippen molar-refractivity contribution in [2.24, 2.45) is 11.5 Å². The lowest BCUT2D eigenvalue weighted by atomic mass is 10.2. The number of rotatable bonds is 4. The highest BCUT2D eigenvalue weighted by Crippen LogP contribution is 2.08. The maximum absolute atomic E-state index is 11.5. The van der Waals surface area contributed by atoms with E-state index in [1.165, 1.54) is 0 Å². The minimum Gasteiger partial charge on any atom is -0.479 e. The van der Waals surface area contributed by atoms with E-state index in [-0.39, 0.29) is 52.9 Å². The van der Waals surface area contributed by atoms with Gasteiger partial charge in [-0.05, 0) is 0 Å². The molecule has 1 heterocycles. The number of carbonyl (C=O) groups is 4. The summed E-state index contributed by atoms with van der Waals surface area (Å²) in [5.74, 6) is -4.96. The van der Waals surface area contributed by atoms with Gasteiger partial charge in [0.1, 0.15) is 0 Å². The first kappa shape index (κ1) is 25.7. The number of aliphatic carboxylic acids is 2. The average Bonchev–Trinajstić information content (AvgIpc) is 2.66. The second kappa shape index (κ2) is 13.8. The second-order valence-corrected chi connectivity index (χ2v) is 5.87. The summed E-state index contributed by atoms with van der Waals surface area (Å²) in [5.41, 5.74) is 10.4. The van der Waals surface area contributed by atoms with Crippen LogP contribution in [0, 0.1) is 0 Å². The van der Waals surface area contributed by atoms with E-state index in [1.54, 1.807) is 0 Å². The summed E-state index contributed by atoms with van der Waals surface area (Å²) in [6, 6.07) is 0. The van der Waals surface area contributed by atoms with Crippen LogP contribution < -0.4 is 11.5 Å². The third-order valence-electron chi connectivity index (χ3n) is 3.70. The van der Waals surface area contributed by atoms with E-state index in [0.29, 0.717) is 0 Å². The lowest BCUT2D eigenvalue weighted by Crippen LogP contribution is -2.48. The van der Waals surface area contributed by atoms with E-state index in [9.17, 15) is 29.4 Å². The first-order valence-corrected chi connectivity index (χ1v) is 8.91. The van der Waals surface area contributed by atoms with Gasteiger partial charge in [-0.25, -0.2) is 9.59 Å².